The molecule has 0 spiro atoms. The van der Waals surface area contributed by atoms with Crippen molar-refractivity contribution in [3.05, 3.63) is 95.1 Å². The number of hydrogen-bond donors (Lipinski definition) is 0. The van der Waals surface area contributed by atoms with E-state index in [0.717, 1.165) is 12.8 Å². The van der Waals surface area contributed by atoms with E-state index >= 15 is 0 Å². The highest BCUT2D eigenvalue weighted by molar-refractivity contribution is 5.36. The Hall–Kier alpha value is -2.08. The van der Waals surface area contributed by atoms with Crippen molar-refractivity contribution in [1.29, 1.82) is 0 Å². The van der Waals surface area contributed by atoms with Gasteiger partial charge in [0.1, 0.15) is 0 Å². The molecular formula is C22H24. The van der Waals surface area contributed by atoms with E-state index in [2.05, 4.69) is 72.8 Å². The lowest BCUT2D eigenvalue weighted by atomic mass is 9.90. The van der Waals surface area contributed by atoms with Crippen molar-refractivity contribution in [3.8, 4) is 0 Å². The van der Waals surface area contributed by atoms with Crippen LogP contribution < -0.4 is 0 Å². The molecule has 112 valence electrons. The lowest BCUT2D eigenvalue weighted by Gasteiger charge is -2.16. The minimum Gasteiger partial charge on any atom is -0.0843 e. The van der Waals surface area contributed by atoms with Gasteiger partial charge in [-0.3, -0.25) is 0 Å². The van der Waals surface area contributed by atoms with Crippen molar-refractivity contribution >= 4 is 0 Å². The lowest BCUT2D eigenvalue weighted by molar-refractivity contribution is 0.718. The molecule has 0 heteroatoms. The fraction of sp³-hybridized carbons (Fsp3) is 0.273. The SMILES string of the molecule is C1=CC(Cc2ccccc2)=C(Cc2ccccc2)CCCC1. The molecule has 3 rings (SSSR count). The molecule has 0 aromatic heterocycles. The predicted octanol–water partition coefficient (Wildman–Crippen LogP) is 5.90. The summed E-state index contributed by atoms with van der Waals surface area (Å²) < 4.78 is 0. The second-order valence-corrected chi connectivity index (χ2v) is 6.10. The summed E-state index contributed by atoms with van der Waals surface area (Å²) >= 11 is 0. The lowest BCUT2D eigenvalue weighted by Crippen LogP contribution is -2.01. The zero-order chi connectivity index (χ0) is 15.0. The molecule has 0 saturated heterocycles. The number of allylic oxidation sites excluding steroid dienone is 4. The van der Waals surface area contributed by atoms with Crippen molar-refractivity contribution in [3.63, 3.8) is 0 Å². The zero-order valence-electron chi connectivity index (χ0n) is 13.2. The summed E-state index contributed by atoms with van der Waals surface area (Å²) in [7, 11) is 0. The van der Waals surface area contributed by atoms with Gasteiger partial charge >= 0.3 is 0 Å². The molecule has 0 radical (unpaired) electrons. The van der Waals surface area contributed by atoms with Crippen LogP contribution in [0.4, 0.5) is 0 Å². The third-order valence-electron chi connectivity index (χ3n) is 4.37. The van der Waals surface area contributed by atoms with E-state index < -0.39 is 0 Å². The monoisotopic (exact) mass is 288 g/mol. The van der Waals surface area contributed by atoms with Gasteiger partial charge in [-0.25, -0.2) is 0 Å². The van der Waals surface area contributed by atoms with Crippen LogP contribution in [0.25, 0.3) is 0 Å². The second kappa shape index (κ2) is 7.79. The van der Waals surface area contributed by atoms with Crippen LogP contribution in [0.2, 0.25) is 0 Å². The van der Waals surface area contributed by atoms with E-state index in [1.807, 2.05) is 0 Å². The molecular weight excluding hydrogens is 264 g/mol. The zero-order valence-corrected chi connectivity index (χ0v) is 13.2. The van der Waals surface area contributed by atoms with Crippen LogP contribution in [0.15, 0.2) is 84.0 Å². The van der Waals surface area contributed by atoms with Gasteiger partial charge in [0.15, 0.2) is 0 Å². The summed E-state index contributed by atoms with van der Waals surface area (Å²) in [5.41, 5.74) is 5.98. The standard InChI is InChI=1S/C22H24/c1-2-10-16-22(18-20-13-7-4-8-14-20)21(15-9-1)17-19-11-5-3-6-12-19/h3-9,11-15H,1-2,10,16-18H2. The maximum absolute atomic E-state index is 2.38. The molecule has 0 amide bonds. The van der Waals surface area contributed by atoms with Crippen LogP contribution in [0.1, 0.15) is 36.8 Å². The van der Waals surface area contributed by atoms with E-state index in [1.165, 1.54) is 42.4 Å². The smallest absolute Gasteiger partial charge is 0.00262 e. The topological polar surface area (TPSA) is 0 Å². The quantitative estimate of drug-likeness (QED) is 0.657. The predicted molar refractivity (Wildman–Crippen MR) is 94.9 cm³/mol. The molecule has 0 unspecified atom stereocenters. The van der Waals surface area contributed by atoms with E-state index in [9.17, 15) is 0 Å². The first-order valence-corrected chi connectivity index (χ1v) is 8.37. The molecule has 0 N–H and O–H groups in total. The molecule has 0 aliphatic heterocycles. The highest BCUT2D eigenvalue weighted by Crippen LogP contribution is 2.25. The molecule has 1 aliphatic rings. The van der Waals surface area contributed by atoms with Crippen molar-refractivity contribution in [2.24, 2.45) is 0 Å². The summed E-state index contributed by atoms with van der Waals surface area (Å²) in [5.74, 6) is 0. The number of hydrogen-bond acceptors (Lipinski definition) is 0. The minimum atomic E-state index is 1.06. The highest BCUT2D eigenvalue weighted by atomic mass is 14.1. The Morgan fingerprint density at radius 3 is 2.00 bits per heavy atom. The largest absolute Gasteiger partial charge is 0.0843 e. The Morgan fingerprint density at radius 1 is 0.682 bits per heavy atom. The van der Waals surface area contributed by atoms with Gasteiger partial charge in [0, 0.05) is 0 Å². The molecule has 1 aliphatic carbocycles. The highest BCUT2D eigenvalue weighted by Gasteiger charge is 2.09. The average Bonchev–Trinajstić information content (AvgIpc) is 2.55. The summed E-state index contributed by atoms with van der Waals surface area (Å²) in [6.07, 6.45) is 12.0. The van der Waals surface area contributed by atoms with Gasteiger partial charge in [-0.2, -0.15) is 0 Å². The fourth-order valence-corrected chi connectivity index (χ4v) is 3.15. The van der Waals surface area contributed by atoms with Gasteiger partial charge in [-0.05, 0) is 55.2 Å². The minimum absolute atomic E-state index is 1.06. The fourth-order valence-electron chi connectivity index (χ4n) is 3.15. The van der Waals surface area contributed by atoms with Gasteiger partial charge < -0.3 is 0 Å². The maximum atomic E-state index is 2.38. The van der Waals surface area contributed by atoms with Gasteiger partial charge in [0.25, 0.3) is 0 Å². The van der Waals surface area contributed by atoms with Gasteiger partial charge in [-0.1, -0.05) is 78.4 Å². The molecule has 0 bridgehead atoms. The van der Waals surface area contributed by atoms with Crippen molar-refractivity contribution in [2.75, 3.05) is 0 Å². The molecule has 0 nitrogen and oxygen atoms in total. The van der Waals surface area contributed by atoms with E-state index in [1.54, 1.807) is 5.57 Å². The van der Waals surface area contributed by atoms with Crippen LogP contribution >= 0.6 is 0 Å². The van der Waals surface area contributed by atoms with Crippen LogP contribution in [-0.2, 0) is 12.8 Å². The molecule has 0 fully saturated rings. The Bertz CT molecular complexity index is 632. The Balaban J connectivity index is 1.88. The second-order valence-electron chi connectivity index (χ2n) is 6.10. The molecule has 2 aromatic rings. The van der Waals surface area contributed by atoms with E-state index in [4.69, 9.17) is 0 Å². The third-order valence-corrected chi connectivity index (χ3v) is 4.37. The summed E-state index contributed by atoms with van der Waals surface area (Å²) in [6, 6.07) is 21.7. The normalized spacial score (nSPS) is 15.5. The van der Waals surface area contributed by atoms with Crippen LogP contribution in [-0.4, -0.2) is 0 Å². The first-order chi connectivity index (χ1) is 10.9. The first-order valence-electron chi connectivity index (χ1n) is 8.37. The van der Waals surface area contributed by atoms with Gasteiger partial charge in [0.05, 0.1) is 0 Å². The Morgan fingerprint density at radius 2 is 1.32 bits per heavy atom. The van der Waals surface area contributed by atoms with Crippen molar-refractivity contribution in [1.82, 2.24) is 0 Å². The van der Waals surface area contributed by atoms with Gasteiger partial charge in [-0.15, -0.1) is 0 Å². The van der Waals surface area contributed by atoms with Crippen LogP contribution in [0, 0.1) is 0 Å². The Kier molecular flexibility index (Phi) is 5.26. The molecule has 0 saturated carbocycles. The summed E-state index contributed by atoms with van der Waals surface area (Å²) in [6.45, 7) is 0. The van der Waals surface area contributed by atoms with Crippen molar-refractivity contribution < 1.29 is 0 Å². The molecule has 22 heavy (non-hydrogen) atoms. The first kappa shape index (κ1) is 14.8. The summed E-state index contributed by atoms with van der Waals surface area (Å²) in [5, 5.41) is 0. The molecule has 0 atom stereocenters. The molecule has 0 heterocycles. The Labute approximate surface area is 134 Å². The summed E-state index contributed by atoms with van der Waals surface area (Å²) in [4.78, 5) is 0. The van der Waals surface area contributed by atoms with E-state index in [0.29, 0.717) is 0 Å². The van der Waals surface area contributed by atoms with Crippen LogP contribution in [0.5, 0.6) is 0 Å². The molecule has 2 aromatic carbocycles. The maximum Gasteiger partial charge on any atom is -0.00262 e. The third kappa shape index (κ3) is 4.21. The van der Waals surface area contributed by atoms with E-state index in [-0.39, 0.29) is 0 Å². The van der Waals surface area contributed by atoms with Crippen molar-refractivity contribution in [2.45, 2.75) is 38.5 Å². The van der Waals surface area contributed by atoms with Crippen LogP contribution in [0.3, 0.4) is 0 Å². The number of rotatable bonds is 4. The number of benzene rings is 2. The average molecular weight is 288 g/mol. The van der Waals surface area contributed by atoms with Gasteiger partial charge in [0.2, 0.25) is 0 Å².